The predicted molar refractivity (Wildman–Crippen MR) is 95.5 cm³/mol. The molecule has 26 heavy (non-hydrogen) atoms. The van der Waals surface area contributed by atoms with Crippen LogP contribution in [0.1, 0.15) is 0 Å². The van der Waals surface area contributed by atoms with E-state index in [2.05, 4.69) is 19.9 Å². The Morgan fingerprint density at radius 2 is 1.65 bits per heavy atom. The van der Waals surface area contributed by atoms with Gasteiger partial charge >= 0.3 is 0 Å². The van der Waals surface area contributed by atoms with Crippen LogP contribution in [0.5, 0.6) is 0 Å². The zero-order valence-corrected chi connectivity index (χ0v) is 15.1. The number of aryl methyl sites for hydroxylation is 1. The second-order valence-electron chi connectivity index (χ2n) is 6.09. The molecule has 0 amide bonds. The number of sulfonamides is 1. The lowest BCUT2D eigenvalue weighted by molar-refractivity contribution is 0.382. The Morgan fingerprint density at radius 3 is 2.31 bits per heavy atom. The second kappa shape index (κ2) is 6.54. The molecule has 0 spiro atoms. The van der Waals surface area contributed by atoms with Crippen LogP contribution in [0.15, 0.2) is 54.5 Å². The normalized spacial score (nSPS) is 16.1. The maximum absolute atomic E-state index is 12.7. The van der Waals surface area contributed by atoms with Crippen molar-refractivity contribution in [3.8, 4) is 5.82 Å². The van der Waals surface area contributed by atoms with Gasteiger partial charge in [-0.15, -0.1) is 0 Å². The minimum atomic E-state index is -3.55. The molecule has 4 rings (SSSR count). The molecular formula is C16H19N7O2S. The summed E-state index contributed by atoms with van der Waals surface area (Å²) in [5.74, 6) is 1.57. The highest BCUT2D eigenvalue weighted by molar-refractivity contribution is 7.89. The van der Waals surface area contributed by atoms with Gasteiger partial charge < -0.3 is 14.0 Å². The van der Waals surface area contributed by atoms with E-state index in [0.29, 0.717) is 26.2 Å². The lowest BCUT2D eigenvalue weighted by atomic mass is 10.3. The predicted octanol–water partition coefficient (Wildman–Crippen LogP) is 0.512. The van der Waals surface area contributed by atoms with E-state index in [0.717, 1.165) is 11.6 Å². The van der Waals surface area contributed by atoms with Crippen LogP contribution in [0.3, 0.4) is 0 Å². The molecule has 0 aliphatic carbocycles. The monoisotopic (exact) mass is 373 g/mol. The second-order valence-corrected chi connectivity index (χ2v) is 7.98. The molecule has 0 unspecified atom stereocenters. The van der Waals surface area contributed by atoms with Crippen molar-refractivity contribution in [3.05, 3.63) is 49.4 Å². The zero-order chi connectivity index (χ0) is 18.1. The molecule has 4 heterocycles. The minimum absolute atomic E-state index is 0.0883. The summed E-state index contributed by atoms with van der Waals surface area (Å²) in [5, 5.41) is 0.0883. The SMILES string of the molecule is Cn1cnc(S(=O)(=O)N2CCN(c3cc(-n4cccc4)ncn3)CC2)c1. The van der Waals surface area contributed by atoms with Crippen molar-refractivity contribution in [2.24, 2.45) is 7.05 Å². The van der Waals surface area contributed by atoms with Crippen LogP contribution in [-0.2, 0) is 17.1 Å². The summed E-state index contributed by atoms with van der Waals surface area (Å²) in [4.78, 5) is 14.7. The molecule has 1 saturated heterocycles. The molecule has 9 nitrogen and oxygen atoms in total. The summed E-state index contributed by atoms with van der Waals surface area (Å²) >= 11 is 0. The Hall–Kier alpha value is -2.72. The average Bonchev–Trinajstić information content (AvgIpc) is 3.34. The quantitative estimate of drug-likeness (QED) is 0.662. The fraction of sp³-hybridized carbons (Fsp3) is 0.312. The Labute approximate surface area is 151 Å². The van der Waals surface area contributed by atoms with Crippen molar-refractivity contribution in [2.45, 2.75) is 5.03 Å². The van der Waals surface area contributed by atoms with E-state index in [1.165, 1.54) is 23.2 Å². The van der Waals surface area contributed by atoms with Gasteiger partial charge in [0.15, 0.2) is 5.03 Å². The van der Waals surface area contributed by atoms with E-state index < -0.39 is 10.0 Å². The van der Waals surface area contributed by atoms with E-state index in [1.807, 2.05) is 35.2 Å². The first-order valence-corrected chi connectivity index (χ1v) is 9.66. The van der Waals surface area contributed by atoms with Gasteiger partial charge in [0, 0.05) is 57.9 Å². The van der Waals surface area contributed by atoms with Crippen LogP contribution < -0.4 is 4.90 Å². The van der Waals surface area contributed by atoms with Crippen molar-refractivity contribution in [2.75, 3.05) is 31.1 Å². The van der Waals surface area contributed by atoms with E-state index in [-0.39, 0.29) is 5.03 Å². The van der Waals surface area contributed by atoms with Crippen molar-refractivity contribution in [1.29, 1.82) is 0 Å². The molecule has 1 fully saturated rings. The smallest absolute Gasteiger partial charge is 0.262 e. The third-order valence-electron chi connectivity index (χ3n) is 4.36. The molecule has 136 valence electrons. The molecule has 1 aliphatic rings. The summed E-state index contributed by atoms with van der Waals surface area (Å²) in [6.07, 6.45) is 8.39. The lowest BCUT2D eigenvalue weighted by Crippen LogP contribution is -2.49. The molecule has 3 aromatic heterocycles. The third-order valence-corrected chi connectivity index (χ3v) is 6.14. The van der Waals surface area contributed by atoms with Gasteiger partial charge in [0.05, 0.1) is 6.33 Å². The standard InChI is InChI=1S/C16H19N7O2S/c1-20-11-16(19-13-20)26(24,25)23-8-6-22(7-9-23)15-10-14(17-12-18-15)21-4-2-3-5-21/h2-5,10-13H,6-9H2,1H3. The Balaban J connectivity index is 1.48. The summed E-state index contributed by atoms with van der Waals surface area (Å²) in [5.41, 5.74) is 0. The Bertz CT molecular complexity index is 989. The highest BCUT2D eigenvalue weighted by Crippen LogP contribution is 2.20. The summed E-state index contributed by atoms with van der Waals surface area (Å²) in [7, 11) is -1.80. The van der Waals surface area contributed by atoms with E-state index in [4.69, 9.17) is 0 Å². The van der Waals surface area contributed by atoms with Gasteiger partial charge in [0.2, 0.25) is 0 Å². The number of hydrogen-bond donors (Lipinski definition) is 0. The van der Waals surface area contributed by atoms with Crippen LogP contribution in [0.4, 0.5) is 5.82 Å². The summed E-state index contributed by atoms with van der Waals surface area (Å²) in [6.45, 7) is 1.91. The maximum Gasteiger partial charge on any atom is 0.262 e. The molecule has 0 bridgehead atoms. The molecule has 3 aromatic rings. The molecule has 0 atom stereocenters. The summed E-state index contributed by atoms with van der Waals surface area (Å²) < 4.78 is 30.3. The number of anilines is 1. The van der Waals surface area contributed by atoms with E-state index >= 15 is 0 Å². The highest BCUT2D eigenvalue weighted by Gasteiger charge is 2.30. The van der Waals surface area contributed by atoms with E-state index in [9.17, 15) is 8.42 Å². The van der Waals surface area contributed by atoms with Gasteiger partial charge in [-0.25, -0.2) is 23.4 Å². The molecule has 0 N–H and O–H groups in total. The molecule has 1 aliphatic heterocycles. The first kappa shape index (κ1) is 16.7. The van der Waals surface area contributed by atoms with Crippen molar-refractivity contribution in [1.82, 2.24) is 28.4 Å². The van der Waals surface area contributed by atoms with Gasteiger partial charge in [0.25, 0.3) is 10.0 Å². The van der Waals surface area contributed by atoms with Gasteiger partial charge in [-0.05, 0) is 12.1 Å². The average molecular weight is 373 g/mol. The minimum Gasteiger partial charge on any atom is -0.354 e. The number of hydrogen-bond acceptors (Lipinski definition) is 6. The highest BCUT2D eigenvalue weighted by atomic mass is 32.2. The van der Waals surface area contributed by atoms with Crippen LogP contribution >= 0.6 is 0 Å². The number of piperazine rings is 1. The summed E-state index contributed by atoms with van der Waals surface area (Å²) in [6, 6.07) is 5.77. The van der Waals surface area contributed by atoms with Crippen LogP contribution in [0, 0.1) is 0 Å². The number of rotatable bonds is 4. The Morgan fingerprint density at radius 1 is 0.962 bits per heavy atom. The van der Waals surface area contributed by atoms with Gasteiger partial charge in [-0.1, -0.05) is 0 Å². The zero-order valence-electron chi connectivity index (χ0n) is 14.3. The topological polar surface area (TPSA) is 89.2 Å². The van der Waals surface area contributed by atoms with Crippen LogP contribution in [-0.4, -0.2) is 63.0 Å². The van der Waals surface area contributed by atoms with Crippen LogP contribution in [0.25, 0.3) is 5.82 Å². The molecule has 10 heteroatoms. The number of aromatic nitrogens is 5. The fourth-order valence-electron chi connectivity index (χ4n) is 2.95. The molecule has 0 aromatic carbocycles. The third kappa shape index (κ3) is 3.08. The lowest BCUT2D eigenvalue weighted by Gasteiger charge is -2.34. The Kier molecular flexibility index (Phi) is 4.21. The van der Waals surface area contributed by atoms with Crippen molar-refractivity contribution in [3.63, 3.8) is 0 Å². The van der Waals surface area contributed by atoms with Gasteiger partial charge in [-0.2, -0.15) is 4.31 Å². The first-order valence-electron chi connectivity index (χ1n) is 8.22. The first-order chi connectivity index (χ1) is 12.5. The van der Waals surface area contributed by atoms with Gasteiger partial charge in [0.1, 0.15) is 18.0 Å². The van der Waals surface area contributed by atoms with Gasteiger partial charge in [-0.3, -0.25) is 0 Å². The maximum atomic E-state index is 12.7. The van der Waals surface area contributed by atoms with E-state index in [1.54, 1.807) is 11.6 Å². The van der Waals surface area contributed by atoms with Crippen LogP contribution in [0.2, 0.25) is 0 Å². The van der Waals surface area contributed by atoms with Crippen molar-refractivity contribution < 1.29 is 8.42 Å². The molecule has 0 saturated carbocycles. The number of imidazole rings is 1. The van der Waals surface area contributed by atoms with Crippen molar-refractivity contribution >= 4 is 15.8 Å². The fourth-order valence-corrected chi connectivity index (χ4v) is 4.34. The number of nitrogens with zero attached hydrogens (tertiary/aromatic N) is 7. The molecular weight excluding hydrogens is 354 g/mol. The molecule has 0 radical (unpaired) electrons. The largest absolute Gasteiger partial charge is 0.354 e.